The second-order valence-corrected chi connectivity index (χ2v) is 6.40. The van der Waals surface area contributed by atoms with Crippen LogP contribution in [0.1, 0.15) is 67.2 Å². The molecule has 0 atom stereocenters. The van der Waals surface area contributed by atoms with E-state index in [2.05, 4.69) is 71.2 Å². The fourth-order valence-electron chi connectivity index (χ4n) is 1.96. The van der Waals surface area contributed by atoms with Crippen molar-refractivity contribution >= 4 is 0 Å². The molecule has 0 aliphatic heterocycles. The zero-order valence-electron chi connectivity index (χ0n) is 15.1. The molecule has 0 spiro atoms. The molecule has 1 nitrogen and oxygen atoms in total. The first kappa shape index (κ1) is 19.9. The van der Waals surface area contributed by atoms with Gasteiger partial charge in [-0.25, -0.2) is 0 Å². The summed E-state index contributed by atoms with van der Waals surface area (Å²) in [4.78, 5) is 0. The Hall–Kier alpha value is -1.08. The molecule has 0 saturated carbocycles. The summed E-state index contributed by atoms with van der Waals surface area (Å²) >= 11 is 0. The highest BCUT2D eigenvalue weighted by Gasteiger charge is 1.90. The lowest BCUT2D eigenvalue weighted by molar-refractivity contribution is 0.819. The van der Waals surface area contributed by atoms with Crippen LogP contribution in [0.25, 0.3) is 0 Å². The molecule has 1 N–H and O–H groups in total. The summed E-state index contributed by atoms with van der Waals surface area (Å²) in [6.07, 6.45) is 13.9. The van der Waals surface area contributed by atoms with Gasteiger partial charge in [-0.2, -0.15) is 0 Å². The monoisotopic (exact) mass is 289 g/mol. The van der Waals surface area contributed by atoms with Crippen LogP contribution in [0.2, 0.25) is 0 Å². The van der Waals surface area contributed by atoms with E-state index >= 15 is 0 Å². The highest BCUT2D eigenvalue weighted by molar-refractivity contribution is 5.05. The number of hydrogen-bond acceptors (Lipinski definition) is 1. The first-order valence-corrected chi connectivity index (χ1v) is 8.20. The van der Waals surface area contributed by atoms with E-state index < -0.39 is 0 Å². The van der Waals surface area contributed by atoms with Gasteiger partial charge in [0.15, 0.2) is 0 Å². The molecule has 0 aliphatic carbocycles. The minimum atomic E-state index is 0.971. The van der Waals surface area contributed by atoms with E-state index in [1.807, 2.05) is 0 Å². The van der Waals surface area contributed by atoms with Gasteiger partial charge in [0.1, 0.15) is 0 Å². The van der Waals surface area contributed by atoms with Crippen molar-refractivity contribution in [1.29, 1.82) is 0 Å². The normalized spacial score (nSPS) is 12.3. The standard InChI is InChI=1S/C20H35N/c1-17(2)9-7-11-19(5)13-15-21-16-14-20(6)12-8-10-18(3)4/h9-10,13-14,21H,7-8,11-12,15-16H2,1-6H3/b19-13-,20-14+. The van der Waals surface area contributed by atoms with Crippen molar-refractivity contribution in [3.05, 3.63) is 46.6 Å². The Bertz CT molecular complexity index is 348. The quantitative estimate of drug-likeness (QED) is 0.386. The van der Waals surface area contributed by atoms with Crippen LogP contribution < -0.4 is 5.32 Å². The fraction of sp³-hybridized carbons (Fsp3) is 0.600. The van der Waals surface area contributed by atoms with Gasteiger partial charge in [0.2, 0.25) is 0 Å². The Balaban J connectivity index is 3.78. The van der Waals surface area contributed by atoms with Crippen molar-refractivity contribution in [3.8, 4) is 0 Å². The first-order chi connectivity index (χ1) is 9.91. The van der Waals surface area contributed by atoms with E-state index in [1.54, 1.807) is 0 Å². The third kappa shape index (κ3) is 15.1. The van der Waals surface area contributed by atoms with Crippen LogP contribution in [0.3, 0.4) is 0 Å². The van der Waals surface area contributed by atoms with Crippen molar-refractivity contribution in [2.45, 2.75) is 67.2 Å². The second kappa shape index (κ2) is 12.6. The number of hydrogen-bond donors (Lipinski definition) is 1. The van der Waals surface area contributed by atoms with Crippen LogP contribution >= 0.6 is 0 Å². The van der Waals surface area contributed by atoms with Gasteiger partial charge >= 0.3 is 0 Å². The van der Waals surface area contributed by atoms with E-state index in [9.17, 15) is 0 Å². The summed E-state index contributed by atoms with van der Waals surface area (Å²) in [7, 11) is 0. The van der Waals surface area contributed by atoms with Crippen LogP contribution in [-0.4, -0.2) is 13.1 Å². The average molecular weight is 290 g/mol. The molecule has 1 heteroatoms. The largest absolute Gasteiger partial charge is 0.310 e. The lowest BCUT2D eigenvalue weighted by atomic mass is 10.1. The number of nitrogens with one attached hydrogen (secondary N) is 1. The molecule has 0 aromatic rings. The minimum Gasteiger partial charge on any atom is -0.310 e. The number of rotatable bonds is 10. The van der Waals surface area contributed by atoms with Crippen molar-refractivity contribution in [2.24, 2.45) is 0 Å². The average Bonchev–Trinajstić information content (AvgIpc) is 2.37. The Morgan fingerprint density at radius 3 is 1.33 bits per heavy atom. The molecule has 0 aromatic carbocycles. The zero-order chi connectivity index (χ0) is 16.1. The molecule has 120 valence electrons. The van der Waals surface area contributed by atoms with Gasteiger partial charge in [0.25, 0.3) is 0 Å². The molecule has 0 bridgehead atoms. The second-order valence-electron chi connectivity index (χ2n) is 6.40. The minimum absolute atomic E-state index is 0.971. The molecule has 0 aliphatic rings. The van der Waals surface area contributed by atoms with Crippen LogP contribution in [0, 0.1) is 0 Å². The van der Waals surface area contributed by atoms with Gasteiger partial charge in [-0.3, -0.25) is 0 Å². The van der Waals surface area contributed by atoms with Gasteiger partial charge in [0, 0.05) is 13.1 Å². The summed E-state index contributed by atoms with van der Waals surface area (Å²) in [6, 6.07) is 0. The molecular weight excluding hydrogens is 254 g/mol. The molecule has 21 heavy (non-hydrogen) atoms. The molecule has 0 unspecified atom stereocenters. The van der Waals surface area contributed by atoms with Crippen LogP contribution in [-0.2, 0) is 0 Å². The Kier molecular flexibility index (Phi) is 12.0. The van der Waals surface area contributed by atoms with E-state index in [0.29, 0.717) is 0 Å². The highest BCUT2D eigenvalue weighted by atomic mass is 14.8. The Labute approximate surface area is 132 Å². The molecular formula is C20H35N. The lowest BCUT2D eigenvalue weighted by Gasteiger charge is -2.02. The van der Waals surface area contributed by atoms with Gasteiger partial charge < -0.3 is 5.32 Å². The SMILES string of the molecule is CC(C)=CCC/C(C)=C\CNC/C=C(\C)CCC=C(C)C. The smallest absolute Gasteiger partial charge is 0.0140 e. The maximum Gasteiger partial charge on any atom is 0.0140 e. The summed E-state index contributed by atoms with van der Waals surface area (Å²) in [6.45, 7) is 15.0. The molecule has 0 aromatic heterocycles. The molecule has 0 amide bonds. The van der Waals surface area contributed by atoms with Crippen LogP contribution in [0.5, 0.6) is 0 Å². The third-order valence-electron chi connectivity index (χ3n) is 3.37. The van der Waals surface area contributed by atoms with E-state index in [-0.39, 0.29) is 0 Å². The summed E-state index contributed by atoms with van der Waals surface area (Å²) in [5, 5.41) is 3.46. The molecule has 0 saturated heterocycles. The van der Waals surface area contributed by atoms with Crippen LogP contribution in [0.15, 0.2) is 46.6 Å². The van der Waals surface area contributed by atoms with Gasteiger partial charge in [-0.15, -0.1) is 0 Å². The van der Waals surface area contributed by atoms with Gasteiger partial charge in [0.05, 0.1) is 0 Å². The first-order valence-electron chi connectivity index (χ1n) is 8.20. The van der Waals surface area contributed by atoms with Gasteiger partial charge in [-0.05, 0) is 67.2 Å². The predicted octanol–water partition coefficient (Wildman–Crippen LogP) is 5.96. The maximum absolute atomic E-state index is 3.46. The topological polar surface area (TPSA) is 12.0 Å². The molecule has 0 fully saturated rings. The predicted molar refractivity (Wildman–Crippen MR) is 97.7 cm³/mol. The fourth-order valence-corrected chi connectivity index (χ4v) is 1.96. The van der Waals surface area contributed by atoms with Gasteiger partial charge in [-0.1, -0.05) is 46.6 Å². The van der Waals surface area contributed by atoms with Crippen molar-refractivity contribution < 1.29 is 0 Å². The third-order valence-corrected chi connectivity index (χ3v) is 3.37. The van der Waals surface area contributed by atoms with E-state index in [0.717, 1.165) is 25.9 Å². The lowest BCUT2D eigenvalue weighted by Crippen LogP contribution is -2.13. The maximum atomic E-state index is 3.46. The summed E-state index contributed by atoms with van der Waals surface area (Å²) in [5.74, 6) is 0. The van der Waals surface area contributed by atoms with Crippen molar-refractivity contribution in [3.63, 3.8) is 0 Å². The Morgan fingerprint density at radius 2 is 1.00 bits per heavy atom. The van der Waals surface area contributed by atoms with E-state index in [1.165, 1.54) is 35.1 Å². The van der Waals surface area contributed by atoms with Crippen molar-refractivity contribution in [1.82, 2.24) is 5.32 Å². The van der Waals surface area contributed by atoms with E-state index in [4.69, 9.17) is 0 Å². The van der Waals surface area contributed by atoms with Crippen molar-refractivity contribution in [2.75, 3.05) is 13.1 Å². The van der Waals surface area contributed by atoms with Crippen LogP contribution in [0.4, 0.5) is 0 Å². The molecule has 0 radical (unpaired) electrons. The molecule has 0 heterocycles. The number of allylic oxidation sites excluding steroid dienone is 6. The highest BCUT2D eigenvalue weighted by Crippen LogP contribution is 2.07. The molecule has 0 rings (SSSR count). The Morgan fingerprint density at radius 1 is 0.619 bits per heavy atom. The summed E-state index contributed by atoms with van der Waals surface area (Å²) < 4.78 is 0. The summed E-state index contributed by atoms with van der Waals surface area (Å²) in [5.41, 5.74) is 5.78. The zero-order valence-corrected chi connectivity index (χ0v) is 15.1.